The van der Waals surface area contributed by atoms with Gasteiger partial charge in [0.2, 0.25) is 0 Å². The second kappa shape index (κ2) is 6.85. The van der Waals surface area contributed by atoms with Crippen molar-refractivity contribution in [3.05, 3.63) is 78.4 Å². The molecule has 1 saturated heterocycles. The van der Waals surface area contributed by atoms with E-state index in [0.29, 0.717) is 5.56 Å². The van der Waals surface area contributed by atoms with Crippen LogP contribution in [-0.4, -0.2) is 23.2 Å². The lowest BCUT2D eigenvalue weighted by molar-refractivity contribution is -0.123. The Labute approximate surface area is 156 Å². The molecule has 1 heterocycles. The van der Waals surface area contributed by atoms with Gasteiger partial charge >= 0.3 is 6.09 Å². The zero-order valence-corrected chi connectivity index (χ0v) is 14.2. The number of carbonyl (C=O) groups is 2. The molecule has 0 saturated carbocycles. The first-order valence-electron chi connectivity index (χ1n) is 8.43. The maximum atomic E-state index is 11.9. The molecule has 27 heavy (non-hydrogen) atoms. The van der Waals surface area contributed by atoms with Crippen molar-refractivity contribution in [2.24, 2.45) is 0 Å². The third-order valence-corrected chi connectivity index (χ3v) is 4.35. The van der Waals surface area contributed by atoms with E-state index in [9.17, 15) is 14.7 Å². The fourth-order valence-electron chi connectivity index (χ4n) is 3.07. The standard InChI is InChI=1S/C22H15NO4/c24-18-8-4-7-16(12-18)19-10-9-15(14-5-2-1-3-6-14)11-17(19)13-20-21(25)23-22(26)27-20/h1-8,11-12,20,24H,13H2,(H,23,25,26). The van der Waals surface area contributed by atoms with Crippen molar-refractivity contribution in [1.29, 1.82) is 0 Å². The zero-order chi connectivity index (χ0) is 18.8. The van der Waals surface area contributed by atoms with E-state index in [0.717, 1.165) is 22.3 Å². The zero-order valence-electron chi connectivity index (χ0n) is 14.2. The van der Waals surface area contributed by atoms with Crippen molar-refractivity contribution < 1.29 is 19.4 Å². The van der Waals surface area contributed by atoms with Crippen LogP contribution in [0.5, 0.6) is 5.75 Å². The van der Waals surface area contributed by atoms with Crippen LogP contribution in [0.2, 0.25) is 0 Å². The van der Waals surface area contributed by atoms with Gasteiger partial charge in [0.05, 0.1) is 0 Å². The van der Waals surface area contributed by atoms with Crippen molar-refractivity contribution in [2.45, 2.75) is 12.5 Å². The van der Waals surface area contributed by atoms with E-state index in [1.165, 1.54) is 0 Å². The summed E-state index contributed by atoms with van der Waals surface area (Å²) in [5.41, 5.74) is 3.99. The summed E-state index contributed by atoms with van der Waals surface area (Å²) >= 11 is 0. The van der Waals surface area contributed by atoms with Crippen molar-refractivity contribution >= 4 is 12.0 Å². The van der Waals surface area contributed by atoms with E-state index >= 15 is 0 Å². The van der Waals surface area contributed by atoms with Crippen molar-refractivity contribution in [3.8, 4) is 28.0 Å². The molecule has 1 fully saturated rings. The number of nitrogens with one attached hydrogen (secondary N) is 1. The first kappa shape index (κ1) is 16.7. The summed E-state index contributed by atoms with van der Waals surface area (Å²) in [5.74, 6) is -0.333. The number of cyclic esters (lactones) is 1. The first-order valence-corrected chi connectivity index (χ1v) is 8.43. The third-order valence-electron chi connectivity index (χ3n) is 4.35. The highest BCUT2D eigenvalue weighted by Crippen LogP contribution is 2.29. The van der Waals surface area contributed by atoms with Gasteiger partial charge in [-0.25, -0.2) is 4.79 Å². The van der Waals surface area contributed by atoms with Gasteiger partial charge < -0.3 is 9.84 Å². The predicted molar refractivity (Wildman–Crippen MR) is 98.8 cm³/mol. The fraction of sp³-hybridized carbons (Fsp3) is 0.0909. The minimum atomic E-state index is -0.895. The van der Waals surface area contributed by atoms with Gasteiger partial charge in [-0.1, -0.05) is 54.6 Å². The normalized spacial score (nSPS) is 15.8. The minimum Gasteiger partial charge on any atom is -0.508 e. The van der Waals surface area contributed by atoms with Crippen LogP contribution < -0.4 is 5.32 Å². The number of imide groups is 1. The second-order valence-electron chi connectivity index (χ2n) is 6.21. The van der Waals surface area contributed by atoms with E-state index < -0.39 is 18.1 Å². The summed E-state index contributed by atoms with van der Waals surface area (Å²) in [5, 5.41) is 11.9. The lowest BCUT2D eigenvalue weighted by Gasteiger charge is -2.12. The van der Waals surface area contributed by atoms with Gasteiger partial charge in [-0.05, 0) is 34.9 Å². The van der Waals surface area contributed by atoms with Gasteiger partial charge in [0, 0.05) is 17.5 Å². The predicted octanol–water partition coefficient (Wildman–Crippen LogP) is 3.50. The molecule has 132 valence electrons. The second-order valence-corrected chi connectivity index (χ2v) is 6.21. The molecule has 1 aliphatic rings. The number of rotatable bonds is 4. The van der Waals surface area contributed by atoms with Crippen LogP contribution in [0.3, 0.4) is 0 Å². The van der Waals surface area contributed by atoms with E-state index in [-0.39, 0.29) is 12.2 Å². The molecule has 1 atom stereocenters. The summed E-state index contributed by atoms with van der Waals surface area (Å²) in [6.07, 6.45) is -1.43. The van der Waals surface area contributed by atoms with Crippen LogP contribution in [0.1, 0.15) is 5.56 Å². The number of phenols is 1. The average molecular weight is 357 g/mol. The molecule has 0 spiro atoms. The molecule has 4 rings (SSSR count). The molecule has 0 aliphatic carbocycles. The highest BCUT2D eigenvalue weighted by molar-refractivity contribution is 6.00. The summed E-state index contributed by atoms with van der Waals surface area (Å²) in [6, 6.07) is 24.7. The Kier molecular flexibility index (Phi) is 4.23. The number of phenolic OH excluding ortho intramolecular Hbond substituents is 1. The molecule has 5 nitrogen and oxygen atoms in total. The topological polar surface area (TPSA) is 75.6 Å². The molecule has 3 aromatic rings. The van der Waals surface area contributed by atoms with Crippen LogP contribution in [0.4, 0.5) is 4.79 Å². The minimum absolute atomic E-state index is 0.129. The van der Waals surface area contributed by atoms with Gasteiger partial charge in [0.1, 0.15) is 5.75 Å². The Hall–Kier alpha value is -3.78. The molecule has 2 N–H and O–H groups in total. The smallest absolute Gasteiger partial charge is 0.414 e. The number of hydrogen-bond donors (Lipinski definition) is 2. The lowest BCUT2D eigenvalue weighted by Crippen LogP contribution is -2.26. The molecule has 1 unspecified atom stereocenters. The van der Waals surface area contributed by atoms with E-state index in [2.05, 4.69) is 17.4 Å². The van der Waals surface area contributed by atoms with Gasteiger partial charge in [-0.15, -0.1) is 0 Å². The molecular weight excluding hydrogens is 342 g/mol. The fourth-order valence-corrected chi connectivity index (χ4v) is 3.07. The molecule has 0 aromatic heterocycles. The average Bonchev–Trinajstić information content (AvgIpc) is 2.99. The molecule has 3 aromatic carbocycles. The summed E-state index contributed by atoms with van der Waals surface area (Å²) < 4.78 is 5.06. The third kappa shape index (κ3) is 3.46. The van der Waals surface area contributed by atoms with Gasteiger partial charge in [0.15, 0.2) is 6.10 Å². The number of alkyl carbamates (subject to hydrolysis) is 1. The Morgan fingerprint density at radius 1 is 0.963 bits per heavy atom. The Bertz CT molecular complexity index is 1010. The first-order chi connectivity index (χ1) is 13.1. The van der Waals surface area contributed by atoms with E-state index in [1.807, 2.05) is 42.5 Å². The van der Waals surface area contributed by atoms with Crippen LogP contribution in [-0.2, 0) is 16.0 Å². The molecule has 2 amide bonds. The summed E-state index contributed by atoms with van der Waals surface area (Å²) in [7, 11) is 0. The van der Waals surface area contributed by atoms with Gasteiger partial charge in [-0.3, -0.25) is 10.1 Å². The van der Waals surface area contributed by atoms with Crippen molar-refractivity contribution in [2.75, 3.05) is 0 Å². The lowest BCUT2D eigenvalue weighted by atomic mass is 9.94. The molecular formula is C22H15NO4. The Morgan fingerprint density at radius 3 is 2.44 bits per heavy atom. The van der Waals surface area contributed by atoms with E-state index in [4.69, 9.17) is 4.74 Å². The van der Waals surface area contributed by atoms with E-state index in [1.54, 1.807) is 18.2 Å². The summed E-state index contributed by atoms with van der Waals surface area (Å²) in [4.78, 5) is 23.3. The maximum Gasteiger partial charge on any atom is 0.414 e. The molecule has 5 heteroatoms. The highest BCUT2D eigenvalue weighted by atomic mass is 16.6. The van der Waals surface area contributed by atoms with Crippen LogP contribution in [0.25, 0.3) is 22.3 Å². The number of ether oxygens (including phenoxy) is 1. The van der Waals surface area contributed by atoms with Crippen LogP contribution in [0.15, 0.2) is 60.7 Å². The number of hydrogen-bond acceptors (Lipinski definition) is 4. The maximum absolute atomic E-state index is 11.9. The van der Waals surface area contributed by atoms with Gasteiger partial charge in [0.25, 0.3) is 5.91 Å². The SMILES string of the molecule is O=C1NC(=O)C(Cc2cc(-c3ccccc3)c#cc2-c2cccc(O)c2)O1. The highest BCUT2D eigenvalue weighted by Gasteiger charge is 2.32. The molecule has 0 bridgehead atoms. The number of benzene rings is 2. The van der Waals surface area contributed by atoms with Crippen molar-refractivity contribution in [3.63, 3.8) is 0 Å². The number of carbonyl (C=O) groups excluding carboxylic acids is 2. The molecule has 0 radical (unpaired) electrons. The van der Waals surface area contributed by atoms with Crippen molar-refractivity contribution in [1.82, 2.24) is 5.32 Å². The number of aromatic hydroxyl groups is 1. The summed E-state index contributed by atoms with van der Waals surface area (Å²) in [6.45, 7) is 0. The monoisotopic (exact) mass is 357 g/mol. The quantitative estimate of drug-likeness (QED) is 0.749. The van der Waals surface area contributed by atoms with Crippen LogP contribution >= 0.6 is 0 Å². The largest absolute Gasteiger partial charge is 0.508 e. The van der Waals surface area contributed by atoms with Crippen LogP contribution in [0, 0.1) is 12.1 Å². The Balaban J connectivity index is 1.78. The molecule has 1 aliphatic heterocycles. The Morgan fingerprint density at radius 2 is 1.74 bits per heavy atom. The van der Waals surface area contributed by atoms with Gasteiger partial charge in [-0.2, -0.15) is 0 Å². The number of amides is 2.